The van der Waals surface area contributed by atoms with Crippen LogP contribution < -0.4 is 10.1 Å². The minimum Gasteiger partial charge on any atom is -0.497 e. The van der Waals surface area contributed by atoms with Gasteiger partial charge in [0.05, 0.1) is 33.1 Å². The third kappa shape index (κ3) is 7.84. The molecular formula is C18H29N3O5S. The van der Waals surface area contributed by atoms with Crippen LogP contribution in [0.4, 0.5) is 0 Å². The summed E-state index contributed by atoms with van der Waals surface area (Å²) < 4.78 is 35.7. The number of amides is 1. The average Bonchev–Trinajstić information content (AvgIpc) is 2.65. The summed E-state index contributed by atoms with van der Waals surface area (Å²) in [5.74, 6) is 0.429. The first kappa shape index (κ1) is 21.6. The molecule has 0 bridgehead atoms. The molecule has 1 aliphatic rings. The van der Waals surface area contributed by atoms with E-state index in [0.29, 0.717) is 26.2 Å². The van der Waals surface area contributed by atoms with Gasteiger partial charge in [-0.05, 0) is 24.1 Å². The lowest BCUT2D eigenvalue weighted by molar-refractivity contribution is -0.121. The van der Waals surface area contributed by atoms with Crippen LogP contribution in [0.25, 0.3) is 0 Å². The van der Waals surface area contributed by atoms with E-state index < -0.39 is 10.0 Å². The maximum Gasteiger partial charge on any atom is 0.235 e. The number of hydrogen-bond acceptors (Lipinski definition) is 6. The van der Waals surface area contributed by atoms with Gasteiger partial charge in [-0.1, -0.05) is 12.1 Å². The number of nitrogens with zero attached hydrogens (tertiary/aromatic N) is 2. The van der Waals surface area contributed by atoms with E-state index in [-0.39, 0.29) is 19.0 Å². The Bertz CT molecular complexity index is 705. The Morgan fingerprint density at radius 3 is 2.74 bits per heavy atom. The average molecular weight is 400 g/mol. The summed E-state index contributed by atoms with van der Waals surface area (Å²) in [6, 6.07) is 7.46. The molecule has 0 unspecified atom stereocenters. The van der Waals surface area contributed by atoms with Crippen LogP contribution in [-0.4, -0.2) is 89.4 Å². The number of nitrogens with one attached hydrogen (secondary N) is 1. The van der Waals surface area contributed by atoms with Crippen LogP contribution >= 0.6 is 0 Å². The topological polar surface area (TPSA) is 88.2 Å². The van der Waals surface area contributed by atoms with Crippen molar-refractivity contribution < 1.29 is 22.7 Å². The molecule has 1 amide bonds. The molecule has 0 spiro atoms. The van der Waals surface area contributed by atoms with Crippen molar-refractivity contribution in [3.63, 3.8) is 0 Å². The molecule has 152 valence electrons. The molecule has 27 heavy (non-hydrogen) atoms. The standard InChI is InChI=1S/C18H29N3O5S/c1-25-17-5-3-4-16(14-17)6-8-21(27(2,23)24)15-18(22)19-7-9-20-10-12-26-13-11-20/h3-5,14H,6-13,15H2,1-2H3,(H,19,22). The normalized spacial score (nSPS) is 15.7. The van der Waals surface area contributed by atoms with E-state index in [1.165, 1.54) is 4.31 Å². The number of sulfonamides is 1. The molecule has 1 aromatic carbocycles. The summed E-state index contributed by atoms with van der Waals surface area (Å²) >= 11 is 0. The molecule has 0 atom stereocenters. The first-order valence-electron chi connectivity index (χ1n) is 9.03. The predicted molar refractivity (Wildman–Crippen MR) is 103 cm³/mol. The second-order valence-corrected chi connectivity index (χ2v) is 8.48. The molecule has 8 nitrogen and oxygen atoms in total. The van der Waals surface area contributed by atoms with Crippen molar-refractivity contribution in [2.45, 2.75) is 6.42 Å². The van der Waals surface area contributed by atoms with Gasteiger partial charge in [0.2, 0.25) is 15.9 Å². The van der Waals surface area contributed by atoms with Crippen molar-refractivity contribution in [1.29, 1.82) is 0 Å². The van der Waals surface area contributed by atoms with Gasteiger partial charge in [0.15, 0.2) is 0 Å². The van der Waals surface area contributed by atoms with Gasteiger partial charge in [0, 0.05) is 32.7 Å². The largest absolute Gasteiger partial charge is 0.497 e. The van der Waals surface area contributed by atoms with Gasteiger partial charge >= 0.3 is 0 Å². The van der Waals surface area contributed by atoms with Crippen LogP contribution in [0, 0.1) is 0 Å². The molecule has 1 heterocycles. The van der Waals surface area contributed by atoms with E-state index in [2.05, 4.69) is 10.2 Å². The zero-order valence-electron chi connectivity index (χ0n) is 16.0. The molecular weight excluding hydrogens is 370 g/mol. The third-order valence-electron chi connectivity index (χ3n) is 4.43. The molecule has 1 fully saturated rings. The van der Waals surface area contributed by atoms with E-state index in [0.717, 1.165) is 37.2 Å². The van der Waals surface area contributed by atoms with Gasteiger partial charge in [-0.3, -0.25) is 9.69 Å². The fraction of sp³-hybridized carbons (Fsp3) is 0.611. The third-order valence-corrected chi connectivity index (χ3v) is 5.68. The van der Waals surface area contributed by atoms with Crippen LogP contribution in [0.5, 0.6) is 5.75 Å². The Morgan fingerprint density at radius 2 is 2.07 bits per heavy atom. The van der Waals surface area contributed by atoms with E-state index in [9.17, 15) is 13.2 Å². The maximum absolute atomic E-state index is 12.2. The van der Waals surface area contributed by atoms with E-state index in [1.807, 2.05) is 24.3 Å². The van der Waals surface area contributed by atoms with Crippen molar-refractivity contribution in [3.8, 4) is 5.75 Å². The monoisotopic (exact) mass is 399 g/mol. The Morgan fingerprint density at radius 1 is 1.33 bits per heavy atom. The zero-order valence-corrected chi connectivity index (χ0v) is 16.8. The summed E-state index contributed by atoms with van der Waals surface area (Å²) in [7, 11) is -1.89. The number of carbonyl (C=O) groups is 1. The number of rotatable bonds is 10. The number of hydrogen-bond donors (Lipinski definition) is 1. The highest BCUT2D eigenvalue weighted by atomic mass is 32.2. The van der Waals surface area contributed by atoms with Crippen LogP contribution in [0.15, 0.2) is 24.3 Å². The first-order valence-corrected chi connectivity index (χ1v) is 10.9. The molecule has 1 saturated heterocycles. The number of ether oxygens (including phenoxy) is 2. The van der Waals surface area contributed by atoms with Gasteiger partial charge < -0.3 is 14.8 Å². The Hall–Kier alpha value is -1.68. The fourth-order valence-corrected chi connectivity index (χ4v) is 3.61. The molecule has 0 aromatic heterocycles. The first-order chi connectivity index (χ1) is 12.9. The van der Waals surface area contributed by atoms with Crippen LogP contribution in [0.3, 0.4) is 0 Å². The minimum atomic E-state index is -3.48. The van der Waals surface area contributed by atoms with E-state index in [1.54, 1.807) is 7.11 Å². The van der Waals surface area contributed by atoms with Crippen LogP contribution in [0.2, 0.25) is 0 Å². The Labute approximate surface area is 161 Å². The molecule has 9 heteroatoms. The van der Waals surface area contributed by atoms with Gasteiger partial charge in [-0.25, -0.2) is 8.42 Å². The molecule has 1 aliphatic heterocycles. The highest BCUT2D eigenvalue weighted by Crippen LogP contribution is 2.13. The lowest BCUT2D eigenvalue weighted by atomic mass is 10.1. The second kappa shape index (κ2) is 10.6. The van der Waals surface area contributed by atoms with Gasteiger partial charge in [0.25, 0.3) is 0 Å². The summed E-state index contributed by atoms with van der Waals surface area (Å²) in [6.07, 6.45) is 1.63. The lowest BCUT2D eigenvalue weighted by Gasteiger charge is -2.26. The smallest absolute Gasteiger partial charge is 0.235 e. The minimum absolute atomic E-state index is 0.175. The van der Waals surface area contributed by atoms with Gasteiger partial charge in [-0.2, -0.15) is 4.31 Å². The second-order valence-electron chi connectivity index (χ2n) is 6.50. The van der Waals surface area contributed by atoms with Crippen molar-refractivity contribution in [2.75, 3.05) is 65.8 Å². The summed E-state index contributed by atoms with van der Waals surface area (Å²) in [6.45, 7) is 4.41. The van der Waals surface area contributed by atoms with E-state index in [4.69, 9.17) is 9.47 Å². The fourth-order valence-electron chi connectivity index (χ4n) is 2.84. The summed E-state index contributed by atoms with van der Waals surface area (Å²) in [5.41, 5.74) is 0.954. The predicted octanol–water partition coefficient (Wildman–Crippen LogP) is -0.0523. The van der Waals surface area contributed by atoms with Crippen LogP contribution in [-0.2, 0) is 26.0 Å². The maximum atomic E-state index is 12.2. The van der Waals surface area contributed by atoms with Crippen LogP contribution in [0.1, 0.15) is 5.56 Å². The quantitative estimate of drug-likeness (QED) is 0.593. The number of benzene rings is 1. The number of carbonyl (C=O) groups excluding carboxylic acids is 1. The van der Waals surface area contributed by atoms with Crippen molar-refractivity contribution in [1.82, 2.24) is 14.5 Å². The summed E-state index contributed by atoms with van der Waals surface area (Å²) in [5, 5.41) is 2.80. The zero-order chi connectivity index (χ0) is 19.7. The molecule has 0 saturated carbocycles. The Balaban J connectivity index is 1.81. The van der Waals surface area contributed by atoms with Gasteiger partial charge in [-0.15, -0.1) is 0 Å². The van der Waals surface area contributed by atoms with Gasteiger partial charge in [0.1, 0.15) is 5.75 Å². The molecule has 1 N–H and O–H groups in total. The van der Waals surface area contributed by atoms with E-state index >= 15 is 0 Å². The molecule has 0 radical (unpaired) electrons. The highest BCUT2D eigenvalue weighted by molar-refractivity contribution is 7.88. The van der Waals surface area contributed by atoms with Crippen molar-refractivity contribution in [2.24, 2.45) is 0 Å². The lowest BCUT2D eigenvalue weighted by Crippen LogP contribution is -2.45. The van der Waals surface area contributed by atoms with Crippen molar-refractivity contribution in [3.05, 3.63) is 29.8 Å². The number of morpholine rings is 1. The molecule has 1 aromatic rings. The highest BCUT2D eigenvalue weighted by Gasteiger charge is 2.20. The molecule has 2 rings (SSSR count). The Kier molecular flexibility index (Phi) is 8.49. The SMILES string of the molecule is COc1cccc(CCN(CC(=O)NCCN2CCOCC2)S(C)(=O)=O)c1. The number of methoxy groups -OCH3 is 1. The molecule has 0 aliphatic carbocycles. The van der Waals surface area contributed by atoms with Crippen molar-refractivity contribution >= 4 is 15.9 Å². The summed E-state index contributed by atoms with van der Waals surface area (Å²) in [4.78, 5) is 14.4.